The van der Waals surface area contributed by atoms with E-state index in [4.69, 9.17) is 9.84 Å². The van der Waals surface area contributed by atoms with Crippen LogP contribution in [0.2, 0.25) is 0 Å². The first-order valence-electron chi connectivity index (χ1n) is 7.60. The second-order valence-electron chi connectivity index (χ2n) is 5.33. The molecule has 0 fully saturated rings. The summed E-state index contributed by atoms with van der Waals surface area (Å²) in [6, 6.07) is 8.58. The van der Waals surface area contributed by atoms with Crippen molar-refractivity contribution in [2.24, 2.45) is 0 Å². The van der Waals surface area contributed by atoms with Gasteiger partial charge in [-0.1, -0.05) is 19.1 Å². The van der Waals surface area contributed by atoms with Gasteiger partial charge >= 0.3 is 0 Å². The molecule has 0 aliphatic rings. The maximum Gasteiger partial charge on any atom is 0.158 e. The van der Waals surface area contributed by atoms with Crippen molar-refractivity contribution in [1.29, 1.82) is 0 Å². The van der Waals surface area contributed by atoms with Crippen molar-refractivity contribution in [3.05, 3.63) is 29.8 Å². The standard InChI is InChI=1S/C17H27NO3/c1-4-18(11-5-6-16(20)13-19)14(2)12-15-7-9-17(21-3)10-8-15/h7-10,14,19H,4-6,11-13H2,1-3H3. The zero-order valence-corrected chi connectivity index (χ0v) is 13.3. The van der Waals surface area contributed by atoms with E-state index in [0.717, 1.165) is 31.7 Å². The van der Waals surface area contributed by atoms with Crippen molar-refractivity contribution in [2.45, 2.75) is 39.2 Å². The van der Waals surface area contributed by atoms with Crippen LogP contribution in [0.5, 0.6) is 5.75 Å². The third kappa shape index (κ3) is 6.27. The highest BCUT2D eigenvalue weighted by molar-refractivity contribution is 5.79. The van der Waals surface area contributed by atoms with Crippen LogP contribution in [0.1, 0.15) is 32.3 Å². The van der Waals surface area contributed by atoms with Crippen LogP contribution in [0.4, 0.5) is 0 Å². The van der Waals surface area contributed by atoms with E-state index in [-0.39, 0.29) is 12.4 Å². The molecule has 1 unspecified atom stereocenters. The number of Topliss-reactive ketones (excluding diaryl/α,β-unsaturated/α-hetero) is 1. The first-order chi connectivity index (χ1) is 10.1. The third-order valence-electron chi connectivity index (χ3n) is 3.80. The van der Waals surface area contributed by atoms with Crippen molar-refractivity contribution in [2.75, 3.05) is 26.8 Å². The molecule has 0 spiro atoms. The molecule has 0 saturated heterocycles. The smallest absolute Gasteiger partial charge is 0.158 e. The van der Waals surface area contributed by atoms with Crippen LogP contribution >= 0.6 is 0 Å². The summed E-state index contributed by atoms with van der Waals surface area (Å²) >= 11 is 0. The molecule has 0 aromatic heterocycles. The Hall–Kier alpha value is -1.39. The minimum Gasteiger partial charge on any atom is -0.497 e. The van der Waals surface area contributed by atoms with Gasteiger partial charge in [0.05, 0.1) is 7.11 Å². The predicted octanol–water partition coefficient (Wildman–Crippen LogP) is 2.29. The Morgan fingerprint density at radius 3 is 2.52 bits per heavy atom. The molecule has 0 heterocycles. The topological polar surface area (TPSA) is 49.8 Å². The van der Waals surface area contributed by atoms with Crippen molar-refractivity contribution >= 4 is 5.78 Å². The summed E-state index contributed by atoms with van der Waals surface area (Å²) in [5.41, 5.74) is 1.29. The number of hydrogen-bond donors (Lipinski definition) is 1. The first kappa shape index (κ1) is 17.7. The summed E-state index contributed by atoms with van der Waals surface area (Å²) in [7, 11) is 1.67. The minimum atomic E-state index is -0.340. The molecule has 1 N–H and O–H groups in total. The Balaban J connectivity index is 2.45. The second-order valence-corrected chi connectivity index (χ2v) is 5.33. The lowest BCUT2D eigenvalue weighted by Crippen LogP contribution is -2.35. The molecule has 21 heavy (non-hydrogen) atoms. The van der Waals surface area contributed by atoms with Gasteiger partial charge < -0.3 is 14.7 Å². The van der Waals surface area contributed by atoms with E-state index in [0.29, 0.717) is 12.5 Å². The SMILES string of the molecule is CCN(CCCC(=O)CO)C(C)Cc1ccc(OC)cc1. The number of benzene rings is 1. The van der Waals surface area contributed by atoms with E-state index in [1.807, 2.05) is 12.1 Å². The zero-order chi connectivity index (χ0) is 15.7. The maximum atomic E-state index is 11.1. The number of carbonyl (C=O) groups is 1. The number of aliphatic hydroxyl groups excluding tert-OH is 1. The summed E-state index contributed by atoms with van der Waals surface area (Å²) < 4.78 is 5.17. The van der Waals surface area contributed by atoms with Crippen molar-refractivity contribution < 1.29 is 14.6 Å². The molecular formula is C17H27NO3. The van der Waals surface area contributed by atoms with Gasteiger partial charge in [-0.3, -0.25) is 4.79 Å². The fourth-order valence-corrected chi connectivity index (χ4v) is 2.48. The van der Waals surface area contributed by atoms with E-state index >= 15 is 0 Å². The fraction of sp³-hybridized carbons (Fsp3) is 0.588. The molecule has 118 valence electrons. The highest BCUT2D eigenvalue weighted by Crippen LogP contribution is 2.15. The summed E-state index contributed by atoms with van der Waals surface area (Å²) in [5, 5.41) is 8.73. The average Bonchev–Trinajstić information content (AvgIpc) is 2.51. The number of likely N-dealkylation sites (N-methyl/N-ethyl adjacent to an activating group) is 1. The van der Waals surface area contributed by atoms with E-state index in [9.17, 15) is 4.79 Å². The lowest BCUT2D eigenvalue weighted by atomic mass is 10.1. The van der Waals surface area contributed by atoms with Crippen molar-refractivity contribution in [3.63, 3.8) is 0 Å². The number of hydrogen-bond acceptors (Lipinski definition) is 4. The Morgan fingerprint density at radius 1 is 1.33 bits per heavy atom. The molecule has 0 aliphatic heterocycles. The maximum absolute atomic E-state index is 11.1. The molecular weight excluding hydrogens is 266 g/mol. The zero-order valence-electron chi connectivity index (χ0n) is 13.3. The largest absolute Gasteiger partial charge is 0.497 e. The van der Waals surface area contributed by atoms with Crippen LogP contribution in [0.3, 0.4) is 0 Å². The quantitative estimate of drug-likeness (QED) is 0.719. The second kappa shape index (κ2) is 9.53. The fourth-order valence-electron chi connectivity index (χ4n) is 2.48. The molecule has 4 heteroatoms. The summed E-state index contributed by atoms with van der Waals surface area (Å²) in [6.45, 7) is 5.86. The van der Waals surface area contributed by atoms with E-state index in [1.165, 1.54) is 5.56 Å². The number of nitrogens with zero attached hydrogens (tertiary/aromatic N) is 1. The van der Waals surface area contributed by atoms with Gasteiger partial charge in [-0.05, 0) is 50.6 Å². The number of ketones is 1. The lowest BCUT2D eigenvalue weighted by Gasteiger charge is -2.28. The van der Waals surface area contributed by atoms with Gasteiger partial charge in [-0.15, -0.1) is 0 Å². The number of carbonyl (C=O) groups excluding carboxylic acids is 1. The first-order valence-corrected chi connectivity index (χ1v) is 7.60. The van der Waals surface area contributed by atoms with Gasteiger partial charge in [0.15, 0.2) is 5.78 Å². The molecule has 0 bridgehead atoms. The van der Waals surface area contributed by atoms with Crippen LogP contribution in [-0.4, -0.2) is 48.6 Å². The summed E-state index contributed by atoms with van der Waals surface area (Å²) in [6.07, 6.45) is 2.24. The molecule has 1 atom stereocenters. The normalized spacial score (nSPS) is 12.4. The molecule has 1 aromatic rings. The molecule has 1 rings (SSSR count). The van der Waals surface area contributed by atoms with E-state index in [1.54, 1.807) is 7.11 Å². The van der Waals surface area contributed by atoms with Gasteiger partial charge in [-0.25, -0.2) is 0 Å². The Labute approximate surface area is 127 Å². The van der Waals surface area contributed by atoms with Gasteiger partial charge in [0.1, 0.15) is 12.4 Å². The van der Waals surface area contributed by atoms with Crippen LogP contribution in [0.25, 0.3) is 0 Å². The van der Waals surface area contributed by atoms with Gasteiger partial charge in [0.25, 0.3) is 0 Å². The molecule has 0 amide bonds. The van der Waals surface area contributed by atoms with E-state index in [2.05, 4.69) is 30.9 Å². The van der Waals surface area contributed by atoms with Crippen molar-refractivity contribution in [3.8, 4) is 5.75 Å². The van der Waals surface area contributed by atoms with Crippen LogP contribution in [0.15, 0.2) is 24.3 Å². The third-order valence-corrected chi connectivity index (χ3v) is 3.80. The molecule has 4 nitrogen and oxygen atoms in total. The van der Waals surface area contributed by atoms with Gasteiger partial charge in [-0.2, -0.15) is 0 Å². The van der Waals surface area contributed by atoms with Crippen LogP contribution in [0, 0.1) is 0 Å². The average molecular weight is 293 g/mol. The van der Waals surface area contributed by atoms with Gasteiger partial charge in [0, 0.05) is 12.5 Å². The Bertz CT molecular complexity index is 417. The minimum absolute atomic E-state index is 0.0751. The number of ether oxygens (including phenoxy) is 1. The Kier molecular flexibility index (Phi) is 8.01. The highest BCUT2D eigenvalue weighted by atomic mass is 16.5. The molecule has 1 aromatic carbocycles. The Morgan fingerprint density at radius 2 is 2.00 bits per heavy atom. The van der Waals surface area contributed by atoms with Gasteiger partial charge in [0.2, 0.25) is 0 Å². The van der Waals surface area contributed by atoms with E-state index < -0.39 is 0 Å². The molecule has 0 aliphatic carbocycles. The van der Waals surface area contributed by atoms with Crippen molar-refractivity contribution in [1.82, 2.24) is 4.90 Å². The van der Waals surface area contributed by atoms with Crippen LogP contribution < -0.4 is 4.74 Å². The predicted molar refractivity (Wildman–Crippen MR) is 84.7 cm³/mol. The lowest BCUT2D eigenvalue weighted by molar-refractivity contribution is -0.121. The number of aliphatic hydroxyl groups is 1. The molecule has 0 saturated carbocycles. The highest BCUT2D eigenvalue weighted by Gasteiger charge is 2.13. The monoisotopic (exact) mass is 293 g/mol. The number of rotatable bonds is 10. The summed E-state index contributed by atoms with van der Waals surface area (Å²) in [5.74, 6) is 0.801. The van der Waals surface area contributed by atoms with Crippen LogP contribution in [-0.2, 0) is 11.2 Å². The summed E-state index contributed by atoms with van der Waals surface area (Å²) in [4.78, 5) is 13.5. The molecule has 0 radical (unpaired) electrons. The number of methoxy groups -OCH3 is 1.